The molecule has 0 radical (unpaired) electrons. The van der Waals surface area contributed by atoms with Crippen molar-refractivity contribution in [3.05, 3.63) is 116 Å². The van der Waals surface area contributed by atoms with Crippen molar-refractivity contribution >= 4 is 74.3 Å². The van der Waals surface area contributed by atoms with Crippen LogP contribution < -0.4 is 14.8 Å². The number of nitrogens with one attached hydrogen (secondary N) is 1. The lowest BCUT2D eigenvalue weighted by Crippen LogP contribution is -2.28. The zero-order valence-corrected chi connectivity index (χ0v) is 25.9. The second-order valence-electron chi connectivity index (χ2n) is 8.98. The van der Waals surface area contributed by atoms with Crippen LogP contribution in [0.4, 0.5) is 5.69 Å². The van der Waals surface area contributed by atoms with Crippen molar-refractivity contribution in [2.24, 2.45) is 10.2 Å². The summed E-state index contributed by atoms with van der Waals surface area (Å²) in [5.74, 6) is 1.04. The molecule has 12 heteroatoms. The fraction of sp³-hybridized carbons (Fsp3) is 0.0968. The number of carbonyl (C=O) groups excluding carboxylic acids is 2. The third-order valence-corrected chi connectivity index (χ3v) is 7.75. The lowest BCUT2D eigenvalue weighted by molar-refractivity contribution is -0.122. The van der Waals surface area contributed by atoms with E-state index < -0.39 is 0 Å². The first kappa shape index (κ1) is 30.1. The summed E-state index contributed by atoms with van der Waals surface area (Å²) in [5, 5.41) is 12.3. The van der Waals surface area contributed by atoms with E-state index in [1.54, 1.807) is 80.3 Å². The van der Waals surface area contributed by atoms with Crippen molar-refractivity contribution in [3.63, 3.8) is 0 Å². The lowest BCUT2D eigenvalue weighted by Gasteiger charge is -2.13. The van der Waals surface area contributed by atoms with Gasteiger partial charge in [-0.1, -0.05) is 39.7 Å². The third kappa shape index (κ3) is 7.95. The molecule has 5 rings (SSSR count). The number of ether oxygens (including phenoxy) is 2. The van der Waals surface area contributed by atoms with E-state index in [9.17, 15) is 9.59 Å². The van der Waals surface area contributed by atoms with Crippen LogP contribution in [0.15, 0.2) is 109 Å². The molecule has 1 saturated heterocycles. The van der Waals surface area contributed by atoms with Crippen LogP contribution in [0.2, 0.25) is 5.02 Å². The number of thioether (sulfide) groups is 1. The molecule has 1 aliphatic heterocycles. The smallest absolute Gasteiger partial charge is 0.267 e. The van der Waals surface area contributed by atoms with E-state index in [0.717, 1.165) is 10.0 Å². The summed E-state index contributed by atoms with van der Waals surface area (Å²) in [6.45, 7) is -0.0671. The van der Waals surface area contributed by atoms with Crippen LogP contribution in [0.3, 0.4) is 0 Å². The minimum absolute atomic E-state index is 0.173. The Morgan fingerprint density at radius 1 is 1.07 bits per heavy atom. The maximum Gasteiger partial charge on any atom is 0.267 e. The molecule has 43 heavy (non-hydrogen) atoms. The molecule has 0 aliphatic carbocycles. The van der Waals surface area contributed by atoms with Crippen molar-refractivity contribution in [1.82, 2.24) is 4.90 Å². The highest BCUT2D eigenvalue weighted by Gasteiger charge is 2.34. The van der Waals surface area contributed by atoms with Crippen LogP contribution in [0.25, 0.3) is 6.08 Å². The van der Waals surface area contributed by atoms with Gasteiger partial charge in [0.05, 0.1) is 31.0 Å². The summed E-state index contributed by atoms with van der Waals surface area (Å²) in [6, 6.07) is 23.0. The number of carbonyl (C=O) groups is 2. The maximum atomic E-state index is 13.6. The number of halogens is 2. The number of nitrogens with zero attached hydrogens (tertiary/aromatic N) is 3. The largest absolute Gasteiger partial charge is 0.496 e. The Balaban J connectivity index is 1.37. The Bertz CT molecular complexity index is 1710. The molecule has 2 amide bonds. The van der Waals surface area contributed by atoms with E-state index in [1.165, 1.54) is 16.7 Å². The lowest BCUT2D eigenvalue weighted by atomic mass is 10.2. The molecule has 2 heterocycles. The average Bonchev–Trinajstić information content (AvgIpc) is 3.62. The number of anilines is 1. The number of amides is 2. The number of benzene rings is 3. The first-order valence-corrected chi connectivity index (χ1v) is 14.8. The van der Waals surface area contributed by atoms with E-state index in [1.807, 2.05) is 24.3 Å². The van der Waals surface area contributed by atoms with E-state index in [0.29, 0.717) is 43.6 Å². The van der Waals surface area contributed by atoms with Gasteiger partial charge in [-0.25, -0.2) is 0 Å². The highest BCUT2D eigenvalue weighted by molar-refractivity contribution is 9.10. The monoisotopic (exact) mass is 678 g/mol. The number of hydrogen-bond donors (Lipinski definition) is 1. The molecule has 1 N–H and O–H groups in total. The van der Waals surface area contributed by atoms with Crippen LogP contribution in [0.1, 0.15) is 16.9 Å². The Labute approximate surface area is 265 Å². The molecule has 0 spiro atoms. The van der Waals surface area contributed by atoms with Gasteiger partial charge in [0.1, 0.15) is 17.3 Å². The zero-order valence-electron chi connectivity index (χ0n) is 22.7. The molecule has 0 saturated carbocycles. The number of furan rings is 1. The van der Waals surface area contributed by atoms with E-state index in [4.69, 9.17) is 25.5 Å². The van der Waals surface area contributed by atoms with Crippen molar-refractivity contribution in [2.75, 3.05) is 19.0 Å². The van der Waals surface area contributed by atoms with Crippen molar-refractivity contribution < 1.29 is 23.5 Å². The molecule has 4 aromatic rings. The summed E-state index contributed by atoms with van der Waals surface area (Å²) in [4.78, 5) is 28.0. The van der Waals surface area contributed by atoms with Crippen LogP contribution in [0, 0.1) is 0 Å². The van der Waals surface area contributed by atoms with Gasteiger partial charge in [-0.3, -0.25) is 14.5 Å². The molecule has 218 valence electrons. The molecule has 3 aromatic carbocycles. The molecular formula is C31H24BrClN4O5S. The molecule has 9 nitrogen and oxygen atoms in total. The quantitative estimate of drug-likeness (QED) is 0.108. The van der Waals surface area contributed by atoms with Gasteiger partial charge in [-0.2, -0.15) is 5.10 Å². The Hall–Kier alpha value is -4.32. The van der Waals surface area contributed by atoms with Crippen molar-refractivity contribution in [1.29, 1.82) is 0 Å². The molecule has 0 unspecified atom stereocenters. The fourth-order valence-corrected chi connectivity index (χ4v) is 5.40. The number of para-hydroxylation sites is 1. The zero-order chi connectivity index (χ0) is 30.2. The van der Waals surface area contributed by atoms with Crippen LogP contribution in [-0.2, 0) is 16.1 Å². The normalized spacial score (nSPS) is 15.0. The van der Waals surface area contributed by atoms with Crippen LogP contribution >= 0.6 is 39.3 Å². The third-order valence-electron chi connectivity index (χ3n) is 6.01. The van der Waals surface area contributed by atoms with Gasteiger partial charge in [0, 0.05) is 26.3 Å². The highest BCUT2D eigenvalue weighted by atomic mass is 79.9. The molecule has 0 bridgehead atoms. The summed E-state index contributed by atoms with van der Waals surface area (Å²) in [5.41, 5.74) is 1.94. The van der Waals surface area contributed by atoms with Gasteiger partial charge in [0.2, 0.25) is 0 Å². The summed E-state index contributed by atoms with van der Waals surface area (Å²) >= 11 is 10.6. The van der Waals surface area contributed by atoms with E-state index >= 15 is 0 Å². The van der Waals surface area contributed by atoms with Gasteiger partial charge in [-0.15, -0.1) is 5.10 Å². The molecule has 1 fully saturated rings. The van der Waals surface area contributed by atoms with Crippen LogP contribution in [-0.4, -0.2) is 41.8 Å². The predicted molar refractivity (Wildman–Crippen MR) is 173 cm³/mol. The van der Waals surface area contributed by atoms with Gasteiger partial charge in [0.25, 0.3) is 11.8 Å². The topological polar surface area (TPSA) is 106 Å². The molecule has 1 aliphatic rings. The summed E-state index contributed by atoms with van der Waals surface area (Å²) in [6.07, 6.45) is 4.81. The SMILES string of the molecule is COc1ccccc1/C=N/N=C1\S/C(=C\c2cc(Br)ccc2OCC(=O)Nc2ccc(Cl)cc2)C(=O)N1Cc1ccco1. The minimum Gasteiger partial charge on any atom is -0.496 e. The number of methoxy groups -OCH3 is 1. The Morgan fingerprint density at radius 3 is 2.65 bits per heavy atom. The molecule has 0 atom stereocenters. The standard InChI is InChI=1S/C31H24BrClN4O5S/c1-40-26-7-3-2-5-20(26)17-34-36-31-37(18-25-6-4-14-41-25)30(39)28(43-31)16-21-15-22(32)8-13-27(21)42-19-29(38)35-24-11-9-23(33)10-12-24/h2-17H,18-19H2,1H3,(H,35,38)/b28-16-,34-17+,36-31-. The summed E-state index contributed by atoms with van der Waals surface area (Å²) < 4.78 is 17.5. The maximum absolute atomic E-state index is 13.6. The number of hydrogen-bond acceptors (Lipinski definition) is 8. The van der Waals surface area contributed by atoms with Crippen molar-refractivity contribution in [2.45, 2.75) is 6.54 Å². The predicted octanol–water partition coefficient (Wildman–Crippen LogP) is 7.23. The second kappa shape index (κ2) is 14.2. The fourth-order valence-electron chi connectivity index (χ4n) is 3.97. The first-order valence-electron chi connectivity index (χ1n) is 12.8. The van der Waals surface area contributed by atoms with E-state index in [2.05, 4.69) is 31.4 Å². The Morgan fingerprint density at radius 2 is 1.88 bits per heavy atom. The van der Waals surface area contributed by atoms with Crippen molar-refractivity contribution in [3.8, 4) is 11.5 Å². The van der Waals surface area contributed by atoms with Gasteiger partial charge in [-0.05, 0) is 84.6 Å². The molecular weight excluding hydrogens is 656 g/mol. The average molecular weight is 680 g/mol. The van der Waals surface area contributed by atoms with E-state index in [-0.39, 0.29) is 25.0 Å². The highest BCUT2D eigenvalue weighted by Crippen LogP contribution is 2.36. The second-order valence-corrected chi connectivity index (χ2v) is 11.3. The number of rotatable bonds is 10. The summed E-state index contributed by atoms with van der Waals surface area (Å²) in [7, 11) is 1.58. The van der Waals surface area contributed by atoms with Crippen LogP contribution in [0.5, 0.6) is 11.5 Å². The van der Waals surface area contributed by atoms with Gasteiger partial charge >= 0.3 is 0 Å². The minimum atomic E-state index is -0.345. The number of amidine groups is 1. The molecule has 1 aromatic heterocycles. The first-order chi connectivity index (χ1) is 20.9. The van der Waals surface area contributed by atoms with Gasteiger partial charge in [0.15, 0.2) is 11.8 Å². The Kier molecular flexibility index (Phi) is 9.98. The van der Waals surface area contributed by atoms with Gasteiger partial charge < -0.3 is 19.2 Å².